The minimum Gasteiger partial charge on any atom is -0.308 e. The van der Waals surface area contributed by atoms with Crippen molar-refractivity contribution in [3.63, 3.8) is 0 Å². The molecule has 15 rings (SSSR count). The van der Waals surface area contributed by atoms with Crippen LogP contribution in [0.2, 0.25) is 0 Å². The van der Waals surface area contributed by atoms with Gasteiger partial charge in [-0.3, -0.25) is 0 Å². The number of hydrogen-bond acceptors (Lipinski definition) is 4. The second-order valence-electron chi connectivity index (χ2n) is 17.8. The Bertz CT molecular complexity index is 3790. The van der Waals surface area contributed by atoms with Gasteiger partial charge in [-0.05, 0) is 116 Å². The lowest BCUT2D eigenvalue weighted by Gasteiger charge is -2.40. The Hall–Kier alpha value is -7.08. The summed E-state index contributed by atoms with van der Waals surface area (Å²) in [6.45, 7) is 0. The second kappa shape index (κ2) is 13.7. The average Bonchev–Trinajstić information content (AvgIpc) is 4.00. The van der Waals surface area contributed by atoms with Gasteiger partial charge in [0.15, 0.2) is 0 Å². The predicted molar refractivity (Wildman–Crippen MR) is 277 cm³/mol. The molecule has 11 aromatic rings. The van der Waals surface area contributed by atoms with Crippen LogP contribution in [-0.4, -0.2) is 0 Å². The summed E-state index contributed by atoms with van der Waals surface area (Å²) in [6, 6.07) is 85.1. The predicted octanol–water partition coefficient (Wildman–Crippen LogP) is 17.2. The molecule has 1 aromatic heterocycles. The van der Waals surface area contributed by atoms with Crippen molar-refractivity contribution < 1.29 is 0 Å². The highest BCUT2D eigenvalue weighted by Gasteiger charge is 2.52. The quantitative estimate of drug-likeness (QED) is 0.174. The first-order chi connectivity index (χ1) is 32.7. The zero-order chi connectivity index (χ0) is 43.1. The van der Waals surface area contributed by atoms with Crippen LogP contribution in [0.15, 0.2) is 244 Å². The summed E-state index contributed by atoms with van der Waals surface area (Å²) in [5, 5.41) is 2.58. The highest BCUT2D eigenvalue weighted by molar-refractivity contribution is 7.99. The summed E-state index contributed by atoms with van der Waals surface area (Å²) in [6.07, 6.45) is 0. The number of nitrogens with zero attached hydrogens (tertiary/aromatic N) is 1. The summed E-state index contributed by atoms with van der Waals surface area (Å²) in [7, 11) is 0. The Morgan fingerprint density at radius 3 is 1.42 bits per heavy atom. The lowest BCUT2D eigenvalue weighted by molar-refractivity contribution is 0.722. The number of benzene rings is 10. The van der Waals surface area contributed by atoms with Crippen LogP contribution in [0.5, 0.6) is 0 Å². The maximum Gasteiger partial charge on any atom is 0.0736 e. The molecule has 0 radical (unpaired) electrons. The molecule has 0 amide bonds. The van der Waals surface area contributed by atoms with Crippen LogP contribution in [-0.2, 0) is 10.8 Å². The second-order valence-corrected chi connectivity index (χ2v) is 21.0. The summed E-state index contributed by atoms with van der Waals surface area (Å²) in [5.74, 6) is 0. The van der Waals surface area contributed by atoms with E-state index in [9.17, 15) is 0 Å². The Labute approximate surface area is 396 Å². The van der Waals surface area contributed by atoms with Crippen LogP contribution < -0.4 is 4.90 Å². The maximum absolute atomic E-state index is 2.61. The monoisotopic (exact) mass is 891 g/mol. The molecule has 0 unspecified atom stereocenters. The molecule has 0 saturated heterocycles. The van der Waals surface area contributed by atoms with Crippen molar-refractivity contribution in [3.05, 3.63) is 269 Å². The van der Waals surface area contributed by atoms with Gasteiger partial charge < -0.3 is 4.90 Å². The van der Waals surface area contributed by atoms with E-state index < -0.39 is 10.8 Å². The van der Waals surface area contributed by atoms with Crippen LogP contribution >= 0.6 is 34.9 Å². The molecule has 4 aliphatic rings. The molecule has 0 bridgehead atoms. The molecule has 2 spiro atoms. The van der Waals surface area contributed by atoms with Gasteiger partial charge in [-0.2, -0.15) is 0 Å². The SMILES string of the molecule is c1ccc2c(c1)Sc1ccccc1C21c2ccccc2-c2cc(N(c3cccc4c3-c3ccccc3C43c4ccccc4Sc4ccccc43)c3cccc4c3sc3ccccc34)ccc21. The van der Waals surface area contributed by atoms with Gasteiger partial charge in [0.1, 0.15) is 0 Å². The average molecular weight is 892 g/mol. The van der Waals surface area contributed by atoms with Crippen LogP contribution in [0.4, 0.5) is 17.1 Å². The van der Waals surface area contributed by atoms with Gasteiger partial charge in [0, 0.05) is 46.3 Å². The van der Waals surface area contributed by atoms with Gasteiger partial charge in [-0.1, -0.05) is 193 Å². The zero-order valence-electron chi connectivity index (χ0n) is 35.5. The molecule has 0 fully saturated rings. The standard InChI is InChI=1S/C62H37NS3/c1-4-21-44-39(17-1)43-37-38(35-36-46(43)61(44)47-23-6-11-31-55(47)64-56-32-12-7-24-48(56)61)63(53-29-15-20-41-40-18-3-10-30-54(40)66-60(41)53)52-28-16-27-51-59(52)42-19-2-5-22-45(42)62(51)49-25-8-13-33-57(49)65-58-34-14-9-26-50(58)62/h1-37H. The normalized spacial score (nSPS) is 14.8. The van der Waals surface area contributed by atoms with E-state index in [1.54, 1.807) is 0 Å². The molecule has 3 heterocycles. The molecule has 2 aliphatic carbocycles. The third-order valence-corrected chi connectivity index (χ3v) is 18.3. The van der Waals surface area contributed by atoms with E-state index in [0.717, 1.165) is 5.69 Å². The molecule has 2 aliphatic heterocycles. The zero-order valence-corrected chi connectivity index (χ0v) is 38.0. The molecule has 1 nitrogen and oxygen atoms in total. The molecule has 0 saturated carbocycles. The van der Waals surface area contributed by atoms with Gasteiger partial charge in [-0.25, -0.2) is 0 Å². The number of thiophene rings is 1. The van der Waals surface area contributed by atoms with Crippen molar-refractivity contribution in [2.24, 2.45) is 0 Å². The third-order valence-electron chi connectivity index (χ3n) is 14.8. The van der Waals surface area contributed by atoms with E-state index in [1.807, 2.05) is 34.9 Å². The maximum atomic E-state index is 2.61. The van der Waals surface area contributed by atoms with E-state index in [-0.39, 0.29) is 0 Å². The molecule has 4 heteroatoms. The van der Waals surface area contributed by atoms with Gasteiger partial charge in [0.05, 0.1) is 26.9 Å². The Morgan fingerprint density at radius 1 is 0.318 bits per heavy atom. The van der Waals surface area contributed by atoms with Crippen molar-refractivity contribution in [1.29, 1.82) is 0 Å². The van der Waals surface area contributed by atoms with Gasteiger partial charge in [0.25, 0.3) is 0 Å². The fraction of sp³-hybridized carbons (Fsp3) is 0.0323. The minimum absolute atomic E-state index is 0.446. The van der Waals surface area contributed by atoms with Crippen LogP contribution in [0.1, 0.15) is 44.5 Å². The Morgan fingerprint density at radius 2 is 0.773 bits per heavy atom. The molecular weight excluding hydrogens is 855 g/mol. The van der Waals surface area contributed by atoms with Crippen molar-refractivity contribution in [2.75, 3.05) is 4.90 Å². The lowest BCUT2D eigenvalue weighted by Crippen LogP contribution is -2.32. The van der Waals surface area contributed by atoms with E-state index in [1.165, 1.54) is 118 Å². The first-order valence-corrected chi connectivity index (χ1v) is 25.1. The fourth-order valence-corrected chi connectivity index (χ4v) is 16.0. The van der Waals surface area contributed by atoms with Gasteiger partial charge in [0.2, 0.25) is 0 Å². The number of hydrogen-bond donors (Lipinski definition) is 0. The third kappa shape index (κ3) is 4.68. The molecule has 308 valence electrons. The largest absolute Gasteiger partial charge is 0.308 e. The van der Waals surface area contributed by atoms with Crippen molar-refractivity contribution >= 4 is 72.1 Å². The minimum atomic E-state index is -0.487. The van der Waals surface area contributed by atoms with Crippen LogP contribution in [0, 0.1) is 0 Å². The number of anilines is 3. The summed E-state index contributed by atoms with van der Waals surface area (Å²) in [4.78, 5) is 7.86. The summed E-state index contributed by atoms with van der Waals surface area (Å²) < 4.78 is 2.58. The smallest absolute Gasteiger partial charge is 0.0736 e. The topological polar surface area (TPSA) is 3.24 Å². The first-order valence-electron chi connectivity index (χ1n) is 22.7. The van der Waals surface area contributed by atoms with E-state index in [4.69, 9.17) is 0 Å². The highest BCUT2D eigenvalue weighted by atomic mass is 32.2. The highest BCUT2D eigenvalue weighted by Crippen LogP contribution is 2.66. The van der Waals surface area contributed by atoms with Crippen LogP contribution in [0.25, 0.3) is 42.4 Å². The van der Waals surface area contributed by atoms with Gasteiger partial charge in [-0.15, -0.1) is 11.3 Å². The fourth-order valence-electron chi connectivity index (χ4n) is 12.4. The molecular formula is C62H37NS3. The van der Waals surface area contributed by atoms with E-state index in [0.29, 0.717) is 0 Å². The summed E-state index contributed by atoms with van der Waals surface area (Å²) >= 11 is 5.69. The number of fused-ring (bicyclic) bond motifs is 21. The summed E-state index contributed by atoms with van der Waals surface area (Å²) in [5.41, 5.74) is 18.5. The van der Waals surface area contributed by atoms with E-state index >= 15 is 0 Å². The molecule has 0 N–H and O–H groups in total. The number of rotatable bonds is 3. The van der Waals surface area contributed by atoms with Crippen LogP contribution in [0.3, 0.4) is 0 Å². The Balaban J connectivity index is 1.05. The molecule has 66 heavy (non-hydrogen) atoms. The lowest BCUT2D eigenvalue weighted by atomic mass is 9.67. The van der Waals surface area contributed by atoms with Crippen molar-refractivity contribution in [1.82, 2.24) is 0 Å². The first kappa shape index (κ1) is 37.2. The van der Waals surface area contributed by atoms with Crippen molar-refractivity contribution in [3.8, 4) is 22.3 Å². The molecule has 0 atom stereocenters. The van der Waals surface area contributed by atoms with Crippen molar-refractivity contribution in [2.45, 2.75) is 30.4 Å². The van der Waals surface area contributed by atoms with Gasteiger partial charge >= 0.3 is 0 Å². The Kier molecular flexibility index (Phi) is 7.73. The van der Waals surface area contributed by atoms with E-state index in [2.05, 4.69) is 229 Å². The molecule has 10 aromatic carbocycles.